The maximum absolute atomic E-state index is 10.7. The van der Waals surface area contributed by atoms with Gasteiger partial charge in [-0.1, -0.05) is 0 Å². The highest BCUT2D eigenvalue weighted by Gasteiger charge is 1.91. The zero-order valence-electron chi connectivity index (χ0n) is 5.11. The predicted molar refractivity (Wildman–Crippen MR) is 36.5 cm³/mol. The maximum Gasteiger partial charge on any atom is 0.273 e. The van der Waals surface area contributed by atoms with Gasteiger partial charge in [0.2, 0.25) is 0 Å². The van der Waals surface area contributed by atoms with Crippen molar-refractivity contribution in [1.29, 1.82) is 0 Å². The van der Waals surface area contributed by atoms with E-state index < -0.39 is 0 Å². The third-order valence-corrected chi connectivity index (χ3v) is 0.968. The van der Waals surface area contributed by atoms with E-state index in [9.17, 15) is 4.79 Å². The Labute approximate surface area is 56.9 Å². The minimum absolute atomic E-state index is 0.199. The van der Waals surface area contributed by atoms with E-state index in [-0.39, 0.29) is 11.3 Å². The summed E-state index contributed by atoms with van der Waals surface area (Å²) in [4.78, 5) is 16.8. The van der Waals surface area contributed by atoms with Gasteiger partial charge in [-0.25, -0.2) is 4.98 Å². The molecule has 0 atom stereocenters. The molecule has 0 radical (unpaired) electrons. The number of rotatable bonds is 1. The van der Waals surface area contributed by atoms with Crippen LogP contribution in [-0.2, 0) is 0 Å². The van der Waals surface area contributed by atoms with Gasteiger partial charge < -0.3 is 10.1 Å². The average Bonchev–Trinajstić information content (AvgIpc) is 1.94. The molecule has 1 rings (SSSR count). The first-order chi connectivity index (χ1) is 4.84. The van der Waals surface area contributed by atoms with Gasteiger partial charge in [-0.3, -0.25) is 4.79 Å². The minimum Gasteiger partial charge on any atom is -0.516 e. The van der Waals surface area contributed by atoms with Gasteiger partial charge in [0, 0.05) is 18.5 Å². The van der Waals surface area contributed by atoms with Gasteiger partial charge in [-0.15, -0.1) is 0 Å². The molecule has 1 aromatic rings. The van der Waals surface area contributed by atoms with Gasteiger partial charge in [0.1, 0.15) is 5.69 Å². The number of hydrogen-bond donors (Lipinski definition) is 2. The number of aromatic nitrogens is 2. The molecule has 52 valence electrons. The molecule has 0 aliphatic rings. The number of hydrogen-bond acceptors (Lipinski definition) is 3. The van der Waals surface area contributed by atoms with Gasteiger partial charge in [0.05, 0.1) is 6.26 Å². The van der Waals surface area contributed by atoms with Crippen molar-refractivity contribution in [2.24, 2.45) is 0 Å². The summed E-state index contributed by atoms with van der Waals surface area (Å²) < 4.78 is 0. The second-order valence-corrected chi connectivity index (χ2v) is 1.62. The summed E-state index contributed by atoms with van der Waals surface area (Å²) in [7, 11) is 0. The fourth-order valence-electron chi connectivity index (χ4n) is 0.552. The molecule has 0 spiro atoms. The van der Waals surface area contributed by atoms with Crippen molar-refractivity contribution in [3.05, 3.63) is 34.7 Å². The third-order valence-electron chi connectivity index (χ3n) is 0.968. The molecule has 0 aromatic carbocycles. The maximum atomic E-state index is 10.7. The lowest BCUT2D eigenvalue weighted by atomic mass is 10.4. The highest BCUT2D eigenvalue weighted by molar-refractivity contribution is 5.40. The van der Waals surface area contributed by atoms with Crippen molar-refractivity contribution in [2.75, 3.05) is 0 Å². The van der Waals surface area contributed by atoms with Gasteiger partial charge >= 0.3 is 0 Å². The van der Waals surface area contributed by atoms with E-state index in [1.807, 2.05) is 0 Å². The van der Waals surface area contributed by atoms with E-state index in [1.54, 1.807) is 0 Å². The van der Waals surface area contributed by atoms with E-state index in [2.05, 4.69) is 9.97 Å². The number of aliphatic hydroxyl groups excluding tert-OH is 1. The number of aliphatic hydroxyl groups is 1. The lowest BCUT2D eigenvalue weighted by Crippen LogP contribution is -2.09. The van der Waals surface area contributed by atoms with Crippen LogP contribution in [0.4, 0.5) is 0 Å². The SMILES string of the molecule is O=c1[nH]ccnc1/C=C/O. The van der Waals surface area contributed by atoms with E-state index in [0.29, 0.717) is 0 Å². The first-order valence-electron chi connectivity index (χ1n) is 2.69. The fourth-order valence-corrected chi connectivity index (χ4v) is 0.552. The summed E-state index contributed by atoms with van der Waals surface area (Å²) in [5, 5.41) is 8.27. The molecule has 10 heavy (non-hydrogen) atoms. The van der Waals surface area contributed by atoms with Crippen LogP contribution in [0.5, 0.6) is 0 Å². The van der Waals surface area contributed by atoms with Gasteiger partial charge in [0.25, 0.3) is 5.56 Å². The van der Waals surface area contributed by atoms with Crippen LogP contribution in [0.25, 0.3) is 6.08 Å². The van der Waals surface area contributed by atoms with Crippen molar-refractivity contribution in [3.63, 3.8) is 0 Å². The van der Waals surface area contributed by atoms with E-state index in [0.717, 1.165) is 6.26 Å². The Morgan fingerprint density at radius 3 is 3.10 bits per heavy atom. The Hall–Kier alpha value is -1.58. The molecule has 1 heterocycles. The second kappa shape index (κ2) is 2.82. The Bertz CT molecular complexity index is 290. The lowest BCUT2D eigenvalue weighted by Gasteiger charge is -1.85. The zero-order chi connectivity index (χ0) is 7.40. The highest BCUT2D eigenvalue weighted by atomic mass is 16.2. The second-order valence-electron chi connectivity index (χ2n) is 1.62. The van der Waals surface area contributed by atoms with Crippen LogP contribution in [0.1, 0.15) is 5.69 Å². The van der Waals surface area contributed by atoms with Crippen LogP contribution in [0.3, 0.4) is 0 Å². The fraction of sp³-hybridized carbons (Fsp3) is 0. The van der Waals surface area contributed by atoms with E-state index >= 15 is 0 Å². The Morgan fingerprint density at radius 1 is 1.70 bits per heavy atom. The van der Waals surface area contributed by atoms with Crippen LogP contribution in [-0.4, -0.2) is 15.1 Å². The zero-order valence-corrected chi connectivity index (χ0v) is 5.11. The van der Waals surface area contributed by atoms with Crippen LogP contribution < -0.4 is 5.56 Å². The quantitative estimate of drug-likeness (QED) is 0.548. The summed E-state index contributed by atoms with van der Waals surface area (Å²) in [5.74, 6) is 0. The lowest BCUT2D eigenvalue weighted by molar-refractivity contribution is 0.478. The number of aromatic amines is 1. The summed E-state index contributed by atoms with van der Waals surface area (Å²) in [6.45, 7) is 0. The summed E-state index contributed by atoms with van der Waals surface area (Å²) in [6, 6.07) is 0. The highest BCUT2D eigenvalue weighted by Crippen LogP contribution is 1.83. The molecule has 0 saturated carbocycles. The van der Waals surface area contributed by atoms with Crippen molar-refractivity contribution in [3.8, 4) is 0 Å². The van der Waals surface area contributed by atoms with Crippen molar-refractivity contribution < 1.29 is 5.11 Å². The monoisotopic (exact) mass is 138 g/mol. The van der Waals surface area contributed by atoms with Crippen LogP contribution in [0.15, 0.2) is 23.5 Å². The molecule has 0 aliphatic heterocycles. The van der Waals surface area contributed by atoms with Crippen molar-refractivity contribution in [1.82, 2.24) is 9.97 Å². The number of H-pyrrole nitrogens is 1. The molecule has 0 amide bonds. The van der Waals surface area contributed by atoms with Gasteiger partial charge in [-0.2, -0.15) is 0 Å². The minimum atomic E-state index is -0.312. The summed E-state index contributed by atoms with van der Waals surface area (Å²) >= 11 is 0. The molecule has 0 bridgehead atoms. The summed E-state index contributed by atoms with van der Waals surface area (Å²) in [5.41, 5.74) is -0.113. The molecular weight excluding hydrogens is 132 g/mol. The molecule has 4 heteroatoms. The summed E-state index contributed by atoms with van der Waals surface area (Å²) in [6.07, 6.45) is 4.87. The van der Waals surface area contributed by atoms with Crippen LogP contribution >= 0.6 is 0 Å². The van der Waals surface area contributed by atoms with Crippen LogP contribution in [0.2, 0.25) is 0 Å². The predicted octanol–water partition coefficient (Wildman–Crippen LogP) is 0.299. The molecule has 0 unspecified atom stereocenters. The number of nitrogens with zero attached hydrogens (tertiary/aromatic N) is 1. The van der Waals surface area contributed by atoms with Crippen LogP contribution in [0, 0.1) is 0 Å². The molecule has 1 aromatic heterocycles. The molecular formula is C6H6N2O2. The smallest absolute Gasteiger partial charge is 0.273 e. The third kappa shape index (κ3) is 1.22. The van der Waals surface area contributed by atoms with Crippen molar-refractivity contribution >= 4 is 6.08 Å². The first kappa shape index (κ1) is 6.54. The topological polar surface area (TPSA) is 66.0 Å². The normalized spacial score (nSPS) is 10.4. The average molecular weight is 138 g/mol. The molecule has 0 aliphatic carbocycles. The standard InChI is InChI=1S/C6H6N2O2/c9-4-1-5-6(10)8-3-2-7-5/h1-4,9H,(H,8,10)/b4-1+. The Morgan fingerprint density at radius 2 is 2.50 bits per heavy atom. The first-order valence-corrected chi connectivity index (χ1v) is 2.69. The Balaban J connectivity index is 3.16. The van der Waals surface area contributed by atoms with Crippen molar-refractivity contribution in [2.45, 2.75) is 0 Å². The number of nitrogens with one attached hydrogen (secondary N) is 1. The van der Waals surface area contributed by atoms with Gasteiger partial charge in [0.15, 0.2) is 0 Å². The van der Waals surface area contributed by atoms with E-state index in [1.165, 1.54) is 18.5 Å². The molecule has 0 saturated heterocycles. The largest absolute Gasteiger partial charge is 0.516 e. The molecule has 4 nitrogen and oxygen atoms in total. The Kier molecular flexibility index (Phi) is 1.84. The van der Waals surface area contributed by atoms with E-state index in [4.69, 9.17) is 5.11 Å². The molecule has 2 N–H and O–H groups in total. The van der Waals surface area contributed by atoms with Gasteiger partial charge in [-0.05, 0) is 0 Å². The molecule has 0 fully saturated rings.